The van der Waals surface area contributed by atoms with Crippen LogP contribution in [0.1, 0.15) is 27.6 Å². The van der Waals surface area contributed by atoms with Gasteiger partial charge >= 0.3 is 11.9 Å². The Morgan fingerprint density at radius 3 is 2.05 bits per heavy atom. The van der Waals surface area contributed by atoms with Crippen LogP contribution in [0, 0.1) is 10.4 Å². The molecule has 0 aliphatic rings. The average molecular weight is 288 g/mol. The van der Waals surface area contributed by atoms with E-state index in [1.54, 1.807) is 0 Å². The fraction of sp³-hybridized carbons (Fsp3) is 0.200. The molecule has 0 radical (unpaired) electrons. The molecule has 0 aliphatic carbocycles. The molecule has 0 amide bonds. The highest BCUT2D eigenvalue weighted by Gasteiger charge is 2.27. The standard InChI is InChI=1S/C10H12N2O8/c1-2-20-10(15)6-3-5(9(13)14)7(11(16)17)4-8(6)12(18)19/h3-4,11-12,16,18H,2H2,1H3,(H,13,14). The zero-order valence-electron chi connectivity index (χ0n) is 10.2. The van der Waals surface area contributed by atoms with Crippen LogP contribution in [0.3, 0.4) is 0 Å². The van der Waals surface area contributed by atoms with Crippen molar-refractivity contribution >= 4 is 23.3 Å². The Balaban J connectivity index is 3.53. The maximum atomic E-state index is 11.6. The van der Waals surface area contributed by atoms with Crippen LogP contribution in [0.25, 0.3) is 0 Å². The second kappa shape index (κ2) is 6.38. The second-order valence-electron chi connectivity index (χ2n) is 3.58. The van der Waals surface area contributed by atoms with E-state index in [0.29, 0.717) is 12.1 Å². The number of carboxylic acids is 1. The summed E-state index contributed by atoms with van der Waals surface area (Å²) in [6.45, 7) is 1.45. The summed E-state index contributed by atoms with van der Waals surface area (Å²) >= 11 is 0. The first-order valence-corrected chi connectivity index (χ1v) is 5.34. The third-order valence-electron chi connectivity index (χ3n) is 2.34. The van der Waals surface area contributed by atoms with Gasteiger partial charge in [0.1, 0.15) is 11.1 Å². The van der Waals surface area contributed by atoms with E-state index in [0.717, 1.165) is 0 Å². The fourth-order valence-electron chi connectivity index (χ4n) is 1.51. The van der Waals surface area contributed by atoms with Crippen molar-refractivity contribution < 1.29 is 40.3 Å². The third-order valence-corrected chi connectivity index (χ3v) is 2.34. The third kappa shape index (κ3) is 3.27. The van der Waals surface area contributed by atoms with E-state index in [2.05, 4.69) is 4.74 Å². The second-order valence-corrected chi connectivity index (χ2v) is 3.58. The Bertz CT molecular complexity index is 528. The molecular formula is C10H12N2O8. The lowest BCUT2D eigenvalue weighted by atomic mass is 10.1. The molecule has 110 valence electrons. The van der Waals surface area contributed by atoms with Gasteiger partial charge in [0.2, 0.25) is 0 Å². The van der Waals surface area contributed by atoms with E-state index in [1.807, 2.05) is 0 Å². The molecule has 5 N–H and O–H groups in total. The molecule has 0 aliphatic heterocycles. The van der Waals surface area contributed by atoms with Crippen molar-refractivity contribution in [3.8, 4) is 0 Å². The van der Waals surface area contributed by atoms with Gasteiger partial charge in [-0.05, 0) is 13.0 Å². The van der Waals surface area contributed by atoms with Gasteiger partial charge in [0.15, 0.2) is 11.4 Å². The van der Waals surface area contributed by atoms with Crippen molar-refractivity contribution in [1.82, 2.24) is 0 Å². The molecular weight excluding hydrogens is 276 g/mol. The number of nitrogens with one attached hydrogen (secondary N) is 2. The van der Waals surface area contributed by atoms with Crippen molar-refractivity contribution in [3.05, 3.63) is 33.7 Å². The summed E-state index contributed by atoms with van der Waals surface area (Å²) in [6.07, 6.45) is 0. The minimum Gasteiger partial charge on any atom is -0.595 e. The molecule has 0 fully saturated rings. The quantitative estimate of drug-likeness (QED) is 0.319. The molecule has 0 saturated carbocycles. The maximum absolute atomic E-state index is 11.6. The van der Waals surface area contributed by atoms with Gasteiger partial charge in [-0.15, -0.1) is 0 Å². The van der Waals surface area contributed by atoms with Crippen LogP contribution in [0.15, 0.2) is 12.1 Å². The highest BCUT2D eigenvalue weighted by atomic mass is 16.8. The first-order chi connectivity index (χ1) is 9.29. The minimum absolute atomic E-state index is 0.0407. The first-order valence-electron chi connectivity index (χ1n) is 5.34. The smallest absolute Gasteiger partial charge is 0.344 e. The number of carbonyl (C=O) groups is 2. The molecule has 0 saturated heterocycles. The summed E-state index contributed by atoms with van der Waals surface area (Å²) in [5.74, 6) is -2.63. The van der Waals surface area contributed by atoms with Crippen molar-refractivity contribution in [2.75, 3.05) is 6.61 Å². The lowest BCUT2D eigenvalue weighted by Crippen LogP contribution is -3.01. The Morgan fingerprint density at radius 1 is 1.15 bits per heavy atom. The van der Waals surface area contributed by atoms with Gasteiger partial charge < -0.3 is 20.3 Å². The van der Waals surface area contributed by atoms with Crippen LogP contribution in [-0.4, -0.2) is 34.1 Å². The Kier molecular flexibility index (Phi) is 5.10. The molecule has 0 spiro atoms. The number of hydrogen-bond acceptors (Lipinski definition) is 7. The SMILES string of the molecule is CCOC(=O)c1cc(C(=O)O)c([NH+]([O-])O)cc1[NH+]([O-])O. The number of benzene rings is 1. The van der Waals surface area contributed by atoms with E-state index in [1.165, 1.54) is 6.92 Å². The van der Waals surface area contributed by atoms with Gasteiger partial charge in [0, 0.05) is 0 Å². The zero-order chi connectivity index (χ0) is 15.4. The molecule has 2 atom stereocenters. The highest BCUT2D eigenvalue weighted by Crippen LogP contribution is 2.21. The average Bonchev–Trinajstić information content (AvgIpc) is 2.36. The van der Waals surface area contributed by atoms with E-state index in [-0.39, 0.29) is 6.61 Å². The Labute approximate surface area is 112 Å². The lowest BCUT2D eigenvalue weighted by Gasteiger charge is -2.19. The fourth-order valence-corrected chi connectivity index (χ4v) is 1.51. The predicted octanol–water partition coefficient (Wildman–Crippen LogP) is -1.63. The van der Waals surface area contributed by atoms with Gasteiger partial charge in [-0.2, -0.15) is 10.5 Å². The summed E-state index contributed by atoms with van der Waals surface area (Å²) in [4.78, 5) is 22.6. The summed E-state index contributed by atoms with van der Waals surface area (Å²) in [5.41, 5.74) is -2.55. The maximum Gasteiger partial charge on any atom is 0.344 e. The van der Waals surface area contributed by atoms with Crippen molar-refractivity contribution in [2.45, 2.75) is 6.92 Å². The van der Waals surface area contributed by atoms with Gasteiger partial charge in [0.25, 0.3) is 0 Å². The number of hydrogen-bond donors (Lipinski definition) is 5. The van der Waals surface area contributed by atoms with Gasteiger partial charge in [-0.25, -0.2) is 20.0 Å². The largest absolute Gasteiger partial charge is 0.595 e. The molecule has 0 heterocycles. The number of carbonyl (C=O) groups excluding carboxylic acids is 1. The topological polar surface area (TPSA) is 159 Å². The Morgan fingerprint density at radius 2 is 1.65 bits per heavy atom. The number of quaternary nitrogens is 2. The first kappa shape index (κ1) is 16.0. The molecule has 2 unspecified atom stereocenters. The van der Waals surface area contributed by atoms with Gasteiger partial charge in [-0.1, -0.05) is 0 Å². The number of esters is 1. The summed E-state index contributed by atoms with van der Waals surface area (Å²) in [5, 5.41) is 45.6. The summed E-state index contributed by atoms with van der Waals surface area (Å²) in [6, 6.07) is 1.31. The molecule has 20 heavy (non-hydrogen) atoms. The number of aromatic carboxylic acids is 1. The number of ether oxygens (including phenoxy) is 1. The normalized spacial score (nSPS) is 13.7. The number of rotatable bonds is 5. The van der Waals surface area contributed by atoms with E-state index >= 15 is 0 Å². The predicted molar refractivity (Wildman–Crippen MR) is 60.9 cm³/mol. The highest BCUT2D eigenvalue weighted by molar-refractivity contribution is 6.00. The minimum atomic E-state index is -1.61. The summed E-state index contributed by atoms with van der Waals surface area (Å²) < 4.78 is 4.61. The van der Waals surface area contributed by atoms with Crippen molar-refractivity contribution in [2.24, 2.45) is 0 Å². The molecule has 1 rings (SSSR count). The summed E-state index contributed by atoms with van der Waals surface area (Å²) in [7, 11) is 0. The molecule has 0 bridgehead atoms. The van der Waals surface area contributed by atoms with Crippen LogP contribution < -0.4 is 10.5 Å². The molecule has 10 heteroatoms. The van der Waals surface area contributed by atoms with E-state index in [9.17, 15) is 20.0 Å². The number of carboxylic acid groups (broad SMARTS) is 1. The van der Waals surface area contributed by atoms with Crippen molar-refractivity contribution in [3.63, 3.8) is 0 Å². The van der Waals surface area contributed by atoms with Crippen LogP contribution in [0.5, 0.6) is 0 Å². The van der Waals surface area contributed by atoms with Gasteiger partial charge in [-0.3, -0.25) is 0 Å². The van der Waals surface area contributed by atoms with E-state index in [4.69, 9.17) is 15.5 Å². The Hall–Kier alpha value is -2.08. The zero-order valence-corrected chi connectivity index (χ0v) is 10.2. The van der Waals surface area contributed by atoms with Crippen LogP contribution in [-0.2, 0) is 4.74 Å². The molecule has 1 aromatic carbocycles. The monoisotopic (exact) mass is 288 g/mol. The lowest BCUT2D eigenvalue weighted by molar-refractivity contribution is -0.996. The van der Waals surface area contributed by atoms with Crippen LogP contribution >= 0.6 is 0 Å². The molecule has 0 aromatic heterocycles. The van der Waals surface area contributed by atoms with Crippen LogP contribution in [0.4, 0.5) is 11.4 Å². The van der Waals surface area contributed by atoms with Crippen molar-refractivity contribution in [1.29, 1.82) is 0 Å². The van der Waals surface area contributed by atoms with Crippen LogP contribution in [0.2, 0.25) is 0 Å². The molecule has 1 aromatic rings. The molecule has 10 nitrogen and oxygen atoms in total. The van der Waals surface area contributed by atoms with E-state index < -0.39 is 44.9 Å². The van der Waals surface area contributed by atoms with Gasteiger partial charge in [0.05, 0.1) is 12.7 Å².